The van der Waals surface area contributed by atoms with Crippen molar-refractivity contribution in [2.24, 2.45) is 0 Å². The minimum atomic E-state index is -1.02. The smallest absolute Gasteiger partial charge is 0.267 e. The zero-order valence-electron chi connectivity index (χ0n) is 13.4. The third-order valence-electron chi connectivity index (χ3n) is 3.97. The predicted molar refractivity (Wildman–Crippen MR) is 95.8 cm³/mol. The highest BCUT2D eigenvalue weighted by atomic mass is 35.5. The maximum absolute atomic E-state index is 12.4. The Labute approximate surface area is 151 Å². The molecule has 3 rings (SSSR count). The van der Waals surface area contributed by atoms with E-state index in [2.05, 4.69) is 10.3 Å². The summed E-state index contributed by atoms with van der Waals surface area (Å²) >= 11 is 12.2. The molecule has 1 saturated carbocycles. The zero-order valence-corrected chi connectivity index (χ0v) is 14.9. The first-order chi connectivity index (χ1) is 11.3. The van der Waals surface area contributed by atoms with Gasteiger partial charge in [0.1, 0.15) is 10.1 Å². The molecule has 1 amide bonds. The molecule has 1 heterocycles. The number of nitrogens with zero attached hydrogens (tertiary/aromatic N) is 1. The molecule has 1 aromatic heterocycles. The van der Waals surface area contributed by atoms with Crippen molar-refractivity contribution in [2.45, 2.75) is 36.1 Å². The van der Waals surface area contributed by atoms with E-state index in [0.717, 1.165) is 12.0 Å². The molecule has 1 aliphatic carbocycles. The maximum Gasteiger partial charge on any atom is 0.267 e. The van der Waals surface area contributed by atoms with Crippen molar-refractivity contribution >= 4 is 34.8 Å². The molecule has 2 aromatic rings. The van der Waals surface area contributed by atoms with Gasteiger partial charge in [0.15, 0.2) is 5.60 Å². The number of rotatable bonds is 5. The topological polar surface area (TPSA) is 51.2 Å². The number of benzene rings is 1. The Bertz CT molecular complexity index is 730. The summed E-state index contributed by atoms with van der Waals surface area (Å²) in [5.41, 5.74) is 0.732. The summed E-state index contributed by atoms with van der Waals surface area (Å²) in [5.74, 6) is 0.544. The Hall–Kier alpha value is -1.78. The highest BCUT2D eigenvalue weighted by molar-refractivity contribution is 6.51. The minimum Gasteiger partial charge on any atom is -0.478 e. The molecule has 0 aliphatic heterocycles. The van der Waals surface area contributed by atoms with E-state index in [0.29, 0.717) is 11.4 Å². The van der Waals surface area contributed by atoms with Crippen LogP contribution in [0, 0.1) is 0 Å². The average molecular weight is 365 g/mol. The molecule has 0 unspecified atom stereocenters. The molecule has 126 valence electrons. The summed E-state index contributed by atoms with van der Waals surface area (Å²) in [6.45, 7) is 3.45. The number of nitrogens with one attached hydrogen (secondary N) is 1. The number of aromatic nitrogens is 1. The molecular formula is C18H18Cl2N2O2. The lowest BCUT2D eigenvalue weighted by Crippen LogP contribution is -2.42. The Kier molecular flexibility index (Phi) is 4.45. The van der Waals surface area contributed by atoms with Crippen LogP contribution in [0.1, 0.15) is 31.7 Å². The van der Waals surface area contributed by atoms with E-state index >= 15 is 0 Å². The molecule has 0 radical (unpaired) electrons. The van der Waals surface area contributed by atoms with Gasteiger partial charge in [-0.2, -0.15) is 0 Å². The van der Waals surface area contributed by atoms with Crippen LogP contribution < -0.4 is 10.1 Å². The van der Waals surface area contributed by atoms with Crippen molar-refractivity contribution in [3.8, 4) is 5.75 Å². The average Bonchev–Trinajstić information content (AvgIpc) is 3.17. The first-order valence-electron chi connectivity index (χ1n) is 7.66. The monoisotopic (exact) mass is 364 g/mol. The molecule has 4 nitrogen and oxygen atoms in total. The lowest BCUT2D eigenvalue weighted by molar-refractivity contribution is -0.128. The molecule has 1 aromatic carbocycles. The van der Waals surface area contributed by atoms with E-state index in [4.69, 9.17) is 27.9 Å². The van der Waals surface area contributed by atoms with Crippen molar-refractivity contribution in [1.29, 1.82) is 0 Å². The molecule has 1 fully saturated rings. The third-order valence-corrected chi connectivity index (χ3v) is 4.80. The van der Waals surface area contributed by atoms with E-state index < -0.39 is 9.93 Å². The second-order valence-electron chi connectivity index (χ2n) is 6.39. The number of amides is 1. The summed E-state index contributed by atoms with van der Waals surface area (Å²) in [6.07, 6.45) is 4.00. The fraction of sp³-hybridized carbons (Fsp3) is 0.333. The molecule has 6 heteroatoms. The van der Waals surface area contributed by atoms with Crippen molar-refractivity contribution < 1.29 is 9.53 Å². The molecule has 0 saturated heterocycles. The third kappa shape index (κ3) is 3.82. The lowest BCUT2D eigenvalue weighted by atomic mass is 10.1. The van der Waals surface area contributed by atoms with Crippen LogP contribution in [-0.4, -0.2) is 20.8 Å². The fourth-order valence-electron chi connectivity index (χ4n) is 2.40. The van der Waals surface area contributed by atoms with Gasteiger partial charge in [0.25, 0.3) is 5.91 Å². The van der Waals surface area contributed by atoms with E-state index in [1.54, 1.807) is 38.4 Å². The summed E-state index contributed by atoms with van der Waals surface area (Å²) < 4.78 is 5.20. The number of halogens is 2. The van der Waals surface area contributed by atoms with Crippen LogP contribution >= 0.6 is 23.2 Å². The molecule has 24 heavy (non-hydrogen) atoms. The van der Waals surface area contributed by atoms with Crippen molar-refractivity contribution in [3.63, 3.8) is 0 Å². The number of carbonyl (C=O) groups is 1. The van der Waals surface area contributed by atoms with Gasteiger partial charge in [-0.25, -0.2) is 0 Å². The van der Waals surface area contributed by atoms with E-state index in [1.807, 2.05) is 24.3 Å². The number of ether oxygens (including phenoxy) is 1. The highest BCUT2D eigenvalue weighted by Gasteiger charge is 2.52. The van der Waals surface area contributed by atoms with E-state index in [9.17, 15) is 4.79 Å². The van der Waals surface area contributed by atoms with Crippen LogP contribution in [0.2, 0.25) is 0 Å². The van der Waals surface area contributed by atoms with E-state index in [1.165, 1.54) is 0 Å². The normalized spacial score (nSPS) is 18.8. The second-order valence-corrected chi connectivity index (χ2v) is 7.93. The van der Waals surface area contributed by atoms with Gasteiger partial charge in [-0.1, -0.05) is 12.1 Å². The van der Waals surface area contributed by atoms with Crippen LogP contribution in [0.15, 0.2) is 48.8 Å². The van der Waals surface area contributed by atoms with Crippen LogP contribution in [0.25, 0.3) is 0 Å². The van der Waals surface area contributed by atoms with Crippen LogP contribution in [0.3, 0.4) is 0 Å². The number of anilines is 1. The lowest BCUT2D eigenvalue weighted by Gasteiger charge is -2.25. The Morgan fingerprint density at radius 1 is 1.21 bits per heavy atom. The molecule has 1 N–H and O–H groups in total. The standard InChI is InChI=1S/C18H18Cl2N2O2/c1-17(2,16(23)22-13-7-9-21-10-8-13)24-14-5-3-12(4-6-14)15-11-18(15,19)20/h3-10,15H,11H2,1-2H3,(H,21,22,23)/t15-/m1/s1. The first kappa shape index (κ1) is 17.1. The van der Waals surface area contributed by atoms with Crippen molar-refractivity contribution in [2.75, 3.05) is 5.32 Å². The maximum atomic E-state index is 12.4. The van der Waals surface area contributed by atoms with Gasteiger partial charge >= 0.3 is 0 Å². The molecule has 0 bridgehead atoms. The summed E-state index contributed by atoms with van der Waals surface area (Å²) in [4.78, 5) is 16.3. The summed E-state index contributed by atoms with van der Waals surface area (Å²) in [7, 11) is 0. The summed E-state index contributed by atoms with van der Waals surface area (Å²) in [6, 6.07) is 11.0. The zero-order chi connectivity index (χ0) is 17.4. The number of alkyl halides is 2. The second kappa shape index (κ2) is 6.26. The van der Waals surface area contributed by atoms with Gasteiger partial charge < -0.3 is 10.1 Å². The quantitative estimate of drug-likeness (QED) is 0.792. The number of carbonyl (C=O) groups excluding carboxylic acids is 1. The molecule has 1 atom stereocenters. The van der Waals surface area contributed by atoms with Gasteiger partial charge in [0, 0.05) is 24.0 Å². The molecule has 0 spiro atoms. The Balaban J connectivity index is 1.64. The van der Waals surface area contributed by atoms with Gasteiger partial charge in [0.05, 0.1) is 0 Å². The van der Waals surface area contributed by atoms with Crippen molar-refractivity contribution in [1.82, 2.24) is 4.98 Å². The number of pyridine rings is 1. The molecule has 1 aliphatic rings. The van der Waals surface area contributed by atoms with Gasteiger partial charge in [-0.15, -0.1) is 23.2 Å². The van der Waals surface area contributed by atoms with Gasteiger partial charge in [-0.3, -0.25) is 9.78 Å². The van der Waals surface area contributed by atoms with Crippen molar-refractivity contribution in [3.05, 3.63) is 54.4 Å². The highest BCUT2D eigenvalue weighted by Crippen LogP contribution is 2.59. The number of hydrogen-bond donors (Lipinski definition) is 1. The number of hydrogen-bond acceptors (Lipinski definition) is 3. The van der Waals surface area contributed by atoms with Crippen LogP contribution in [-0.2, 0) is 4.79 Å². The first-order valence-corrected chi connectivity index (χ1v) is 8.42. The van der Waals surface area contributed by atoms with Gasteiger partial charge in [-0.05, 0) is 50.1 Å². The molecular weight excluding hydrogens is 347 g/mol. The minimum absolute atomic E-state index is 0.165. The predicted octanol–water partition coefficient (Wildman–Crippen LogP) is 4.54. The fourth-order valence-corrected chi connectivity index (χ4v) is 2.96. The van der Waals surface area contributed by atoms with Crippen LogP contribution in [0.5, 0.6) is 5.75 Å². The Morgan fingerprint density at radius 3 is 2.33 bits per heavy atom. The van der Waals surface area contributed by atoms with E-state index in [-0.39, 0.29) is 11.8 Å². The Morgan fingerprint density at radius 2 is 1.79 bits per heavy atom. The largest absolute Gasteiger partial charge is 0.478 e. The van der Waals surface area contributed by atoms with Crippen LogP contribution in [0.4, 0.5) is 5.69 Å². The van der Waals surface area contributed by atoms with Gasteiger partial charge in [0.2, 0.25) is 0 Å². The summed E-state index contributed by atoms with van der Waals surface area (Å²) in [5, 5.41) is 2.81. The SMILES string of the molecule is CC(C)(Oc1ccc([C@H]2CC2(Cl)Cl)cc1)C(=O)Nc1ccncc1.